The number of aryl methyl sites for hydroxylation is 1. The van der Waals surface area contributed by atoms with Crippen molar-refractivity contribution in [2.75, 3.05) is 13.1 Å². The molecular formula is C10H16N2O2S2. The molecule has 16 heavy (non-hydrogen) atoms. The van der Waals surface area contributed by atoms with E-state index in [1.807, 2.05) is 13.0 Å². The number of thiophene rings is 1. The predicted molar refractivity (Wildman–Crippen MR) is 65.3 cm³/mol. The molecule has 1 fully saturated rings. The third-order valence-electron chi connectivity index (χ3n) is 2.60. The summed E-state index contributed by atoms with van der Waals surface area (Å²) in [6.07, 6.45) is 1.94. The molecule has 0 aliphatic carbocycles. The summed E-state index contributed by atoms with van der Waals surface area (Å²) in [6.45, 7) is 3.62. The standard InChI is InChI=1S/C10H16N2O2S2/c1-8-4-5-10(15-8)16(13,14)12-9-3-2-6-11-7-9/h4-5,9,11-12H,2-3,6-7H2,1H3/t9-/m0/s1. The van der Waals surface area contributed by atoms with Crippen LogP contribution in [0.25, 0.3) is 0 Å². The molecule has 1 aromatic heterocycles. The van der Waals surface area contributed by atoms with Crippen LogP contribution in [0.4, 0.5) is 0 Å². The molecule has 1 saturated heterocycles. The van der Waals surface area contributed by atoms with E-state index in [1.165, 1.54) is 11.3 Å². The Morgan fingerprint density at radius 3 is 2.88 bits per heavy atom. The van der Waals surface area contributed by atoms with Gasteiger partial charge >= 0.3 is 0 Å². The molecule has 1 atom stereocenters. The predicted octanol–water partition coefficient (Wildman–Crippen LogP) is 1.09. The second-order valence-electron chi connectivity index (χ2n) is 4.03. The highest BCUT2D eigenvalue weighted by Gasteiger charge is 2.22. The summed E-state index contributed by atoms with van der Waals surface area (Å²) >= 11 is 1.31. The van der Waals surface area contributed by atoms with Gasteiger partial charge in [-0.15, -0.1) is 11.3 Å². The van der Waals surface area contributed by atoms with Crippen molar-refractivity contribution in [3.63, 3.8) is 0 Å². The fourth-order valence-corrected chi connectivity index (χ4v) is 4.36. The Kier molecular flexibility index (Phi) is 3.63. The van der Waals surface area contributed by atoms with Crippen molar-refractivity contribution in [1.29, 1.82) is 0 Å². The summed E-state index contributed by atoms with van der Waals surface area (Å²) in [6, 6.07) is 3.53. The normalized spacial score (nSPS) is 22.2. The zero-order chi connectivity index (χ0) is 11.6. The van der Waals surface area contributed by atoms with Crippen LogP contribution in [0.1, 0.15) is 17.7 Å². The lowest BCUT2D eigenvalue weighted by molar-refractivity contribution is 0.429. The maximum atomic E-state index is 12.0. The molecule has 2 heterocycles. The first-order chi connectivity index (χ1) is 7.58. The van der Waals surface area contributed by atoms with Crippen LogP contribution < -0.4 is 10.0 Å². The Balaban J connectivity index is 2.07. The molecule has 2 N–H and O–H groups in total. The number of rotatable bonds is 3. The van der Waals surface area contributed by atoms with E-state index >= 15 is 0 Å². The van der Waals surface area contributed by atoms with Gasteiger partial charge < -0.3 is 5.32 Å². The summed E-state index contributed by atoms with van der Waals surface area (Å²) in [7, 11) is -3.31. The Hall–Kier alpha value is -0.430. The number of nitrogens with one attached hydrogen (secondary N) is 2. The third-order valence-corrected chi connectivity index (χ3v) is 5.61. The van der Waals surface area contributed by atoms with Gasteiger partial charge in [0.05, 0.1) is 0 Å². The second kappa shape index (κ2) is 4.83. The first kappa shape index (κ1) is 12.0. The molecule has 0 unspecified atom stereocenters. The second-order valence-corrected chi connectivity index (χ2v) is 7.26. The molecule has 2 rings (SSSR count). The minimum absolute atomic E-state index is 0.0288. The molecule has 0 radical (unpaired) electrons. The average Bonchev–Trinajstić information content (AvgIpc) is 2.66. The van der Waals surface area contributed by atoms with Gasteiger partial charge in [-0.3, -0.25) is 0 Å². The van der Waals surface area contributed by atoms with Crippen molar-refractivity contribution >= 4 is 21.4 Å². The van der Waals surface area contributed by atoms with Gasteiger partial charge in [-0.25, -0.2) is 13.1 Å². The average molecular weight is 260 g/mol. The Morgan fingerprint density at radius 2 is 2.31 bits per heavy atom. The lowest BCUT2D eigenvalue weighted by Crippen LogP contribution is -2.45. The molecule has 1 aromatic rings. The van der Waals surface area contributed by atoms with Crippen molar-refractivity contribution in [2.45, 2.75) is 30.0 Å². The SMILES string of the molecule is Cc1ccc(S(=O)(=O)N[C@H]2CCCNC2)s1. The molecule has 1 aliphatic heterocycles. The van der Waals surface area contributed by atoms with Crippen molar-refractivity contribution in [1.82, 2.24) is 10.0 Å². The van der Waals surface area contributed by atoms with E-state index in [2.05, 4.69) is 10.0 Å². The van der Waals surface area contributed by atoms with Gasteiger partial charge in [0.2, 0.25) is 10.0 Å². The van der Waals surface area contributed by atoms with Crippen molar-refractivity contribution in [2.24, 2.45) is 0 Å². The van der Waals surface area contributed by atoms with E-state index in [0.29, 0.717) is 4.21 Å². The molecule has 1 aliphatic rings. The van der Waals surface area contributed by atoms with Crippen LogP contribution in [-0.2, 0) is 10.0 Å². The summed E-state index contributed by atoms with van der Waals surface area (Å²) in [5.41, 5.74) is 0. The lowest BCUT2D eigenvalue weighted by Gasteiger charge is -2.23. The van der Waals surface area contributed by atoms with Crippen LogP contribution in [0.5, 0.6) is 0 Å². The molecule has 6 heteroatoms. The fraction of sp³-hybridized carbons (Fsp3) is 0.600. The van der Waals surface area contributed by atoms with Gasteiger partial charge in [-0.1, -0.05) is 0 Å². The van der Waals surface area contributed by atoms with Crippen LogP contribution >= 0.6 is 11.3 Å². The monoisotopic (exact) mass is 260 g/mol. The zero-order valence-electron chi connectivity index (χ0n) is 9.19. The molecule has 0 saturated carbocycles. The van der Waals surface area contributed by atoms with Gasteiger partial charge in [0, 0.05) is 17.5 Å². The number of hydrogen-bond donors (Lipinski definition) is 2. The molecule has 4 nitrogen and oxygen atoms in total. The highest BCUT2D eigenvalue weighted by molar-refractivity contribution is 7.91. The van der Waals surface area contributed by atoms with Crippen LogP contribution in [-0.4, -0.2) is 27.5 Å². The van der Waals surface area contributed by atoms with Gasteiger partial charge in [0.1, 0.15) is 4.21 Å². The minimum Gasteiger partial charge on any atom is -0.315 e. The minimum atomic E-state index is -3.31. The molecule has 0 spiro atoms. The number of piperidine rings is 1. The summed E-state index contributed by atoms with van der Waals surface area (Å²) in [5, 5.41) is 3.19. The quantitative estimate of drug-likeness (QED) is 0.855. The number of sulfonamides is 1. The Labute approximate surface area is 100 Å². The van der Waals surface area contributed by atoms with Gasteiger partial charge in [-0.05, 0) is 38.4 Å². The van der Waals surface area contributed by atoms with Gasteiger partial charge in [-0.2, -0.15) is 0 Å². The summed E-state index contributed by atoms with van der Waals surface area (Å²) in [4.78, 5) is 1.02. The third kappa shape index (κ3) is 2.82. The summed E-state index contributed by atoms with van der Waals surface area (Å²) < 4.78 is 27.1. The number of hydrogen-bond acceptors (Lipinski definition) is 4. The van der Waals surface area contributed by atoms with Crippen LogP contribution in [0.2, 0.25) is 0 Å². The highest BCUT2D eigenvalue weighted by Crippen LogP contribution is 2.21. The van der Waals surface area contributed by atoms with Gasteiger partial charge in [0.25, 0.3) is 0 Å². The Bertz CT molecular complexity index is 447. The summed E-state index contributed by atoms with van der Waals surface area (Å²) in [5.74, 6) is 0. The molecule has 0 bridgehead atoms. The largest absolute Gasteiger partial charge is 0.315 e. The Morgan fingerprint density at radius 1 is 1.50 bits per heavy atom. The van der Waals surface area contributed by atoms with E-state index in [-0.39, 0.29) is 6.04 Å². The van der Waals surface area contributed by atoms with E-state index in [4.69, 9.17) is 0 Å². The van der Waals surface area contributed by atoms with Crippen molar-refractivity contribution in [3.8, 4) is 0 Å². The lowest BCUT2D eigenvalue weighted by atomic mass is 10.1. The molecule has 90 valence electrons. The highest BCUT2D eigenvalue weighted by atomic mass is 32.2. The van der Waals surface area contributed by atoms with Gasteiger partial charge in [0.15, 0.2) is 0 Å². The van der Waals surface area contributed by atoms with E-state index in [0.717, 1.165) is 30.8 Å². The van der Waals surface area contributed by atoms with E-state index in [1.54, 1.807) is 6.07 Å². The topological polar surface area (TPSA) is 58.2 Å². The van der Waals surface area contributed by atoms with Crippen LogP contribution in [0, 0.1) is 6.92 Å². The van der Waals surface area contributed by atoms with E-state index in [9.17, 15) is 8.42 Å². The maximum absolute atomic E-state index is 12.0. The zero-order valence-corrected chi connectivity index (χ0v) is 10.8. The molecule has 0 amide bonds. The van der Waals surface area contributed by atoms with Crippen LogP contribution in [0.15, 0.2) is 16.3 Å². The molecule has 0 aromatic carbocycles. The first-order valence-corrected chi connectivity index (χ1v) is 7.67. The van der Waals surface area contributed by atoms with E-state index < -0.39 is 10.0 Å². The maximum Gasteiger partial charge on any atom is 0.250 e. The van der Waals surface area contributed by atoms with Crippen molar-refractivity contribution < 1.29 is 8.42 Å². The van der Waals surface area contributed by atoms with Crippen LogP contribution in [0.3, 0.4) is 0 Å². The molecular weight excluding hydrogens is 244 g/mol. The smallest absolute Gasteiger partial charge is 0.250 e. The van der Waals surface area contributed by atoms with Crippen molar-refractivity contribution in [3.05, 3.63) is 17.0 Å². The fourth-order valence-electron chi connectivity index (χ4n) is 1.79. The first-order valence-electron chi connectivity index (χ1n) is 5.37.